The Morgan fingerprint density at radius 2 is 1.78 bits per heavy atom. The smallest absolute Gasteiger partial charge is 0.234 e. The Bertz CT molecular complexity index is 268. The van der Waals surface area contributed by atoms with Gasteiger partial charge in [0.1, 0.15) is 0 Å². The van der Waals surface area contributed by atoms with Gasteiger partial charge in [-0.1, -0.05) is 13.3 Å². The summed E-state index contributed by atoms with van der Waals surface area (Å²) < 4.78 is 0. The summed E-state index contributed by atoms with van der Waals surface area (Å²) in [5, 5.41) is 0. The van der Waals surface area contributed by atoms with E-state index in [1.807, 2.05) is 6.92 Å². The number of nitrogens with two attached hydrogens (primary N) is 1. The summed E-state index contributed by atoms with van der Waals surface area (Å²) in [5.41, 5.74) is 5.46. The first-order chi connectivity index (χ1) is 8.72. The first-order valence-electron chi connectivity index (χ1n) is 7.49. The molecule has 2 rings (SSSR count). The fourth-order valence-electron chi connectivity index (χ4n) is 3.49. The number of nitrogens with zero attached hydrogens (tertiary/aromatic N) is 2. The van der Waals surface area contributed by atoms with Gasteiger partial charge in [-0.3, -0.25) is 9.69 Å². The van der Waals surface area contributed by atoms with E-state index in [1.165, 1.54) is 45.2 Å². The van der Waals surface area contributed by atoms with Crippen LogP contribution in [0.5, 0.6) is 0 Å². The SMILES string of the molecule is CC[C@@H](C(N)=O)N1CCC(N2CCCCC2)CC1. The highest BCUT2D eigenvalue weighted by molar-refractivity contribution is 5.79. The van der Waals surface area contributed by atoms with Crippen molar-refractivity contribution in [2.45, 2.75) is 57.5 Å². The summed E-state index contributed by atoms with van der Waals surface area (Å²) in [5.74, 6) is -0.158. The molecule has 0 radical (unpaired) electrons. The number of amides is 1. The lowest BCUT2D eigenvalue weighted by atomic mass is 9.98. The highest BCUT2D eigenvalue weighted by atomic mass is 16.1. The third-order valence-electron chi connectivity index (χ3n) is 4.56. The van der Waals surface area contributed by atoms with Gasteiger partial charge in [-0.05, 0) is 45.2 Å². The number of piperidine rings is 2. The Kier molecular flexibility index (Phi) is 5.01. The average Bonchev–Trinajstić information content (AvgIpc) is 2.41. The zero-order valence-electron chi connectivity index (χ0n) is 11.6. The van der Waals surface area contributed by atoms with Gasteiger partial charge >= 0.3 is 0 Å². The fourth-order valence-corrected chi connectivity index (χ4v) is 3.49. The van der Waals surface area contributed by atoms with Gasteiger partial charge in [0.15, 0.2) is 0 Å². The van der Waals surface area contributed by atoms with Crippen LogP contribution in [0.3, 0.4) is 0 Å². The van der Waals surface area contributed by atoms with E-state index in [9.17, 15) is 4.79 Å². The zero-order chi connectivity index (χ0) is 13.0. The molecular weight excluding hydrogens is 226 g/mol. The van der Waals surface area contributed by atoms with E-state index in [-0.39, 0.29) is 11.9 Å². The molecular formula is C14H27N3O. The van der Waals surface area contributed by atoms with E-state index in [1.54, 1.807) is 0 Å². The topological polar surface area (TPSA) is 49.6 Å². The van der Waals surface area contributed by atoms with Crippen LogP contribution in [0.4, 0.5) is 0 Å². The molecule has 4 heteroatoms. The first-order valence-corrected chi connectivity index (χ1v) is 7.49. The largest absolute Gasteiger partial charge is 0.368 e. The summed E-state index contributed by atoms with van der Waals surface area (Å²) in [4.78, 5) is 16.3. The van der Waals surface area contributed by atoms with Gasteiger partial charge in [-0.15, -0.1) is 0 Å². The van der Waals surface area contributed by atoms with Crippen LogP contribution < -0.4 is 5.73 Å². The van der Waals surface area contributed by atoms with E-state index in [2.05, 4.69) is 9.80 Å². The molecule has 2 aliphatic rings. The van der Waals surface area contributed by atoms with Gasteiger partial charge in [0.2, 0.25) is 5.91 Å². The van der Waals surface area contributed by atoms with Crippen LogP contribution in [0, 0.1) is 0 Å². The molecule has 0 aliphatic carbocycles. The van der Waals surface area contributed by atoms with E-state index < -0.39 is 0 Å². The number of primary amides is 1. The monoisotopic (exact) mass is 253 g/mol. The summed E-state index contributed by atoms with van der Waals surface area (Å²) in [7, 11) is 0. The molecule has 0 aromatic carbocycles. The van der Waals surface area contributed by atoms with Crippen molar-refractivity contribution in [1.82, 2.24) is 9.80 Å². The molecule has 0 saturated carbocycles. The van der Waals surface area contributed by atoms with Crippen LogP contribution in [0.1, 0.15) is 45.4 Å². The molecule has 0 aromatic rings. The van der Waals surface area contributed by atoms with Crippen molar-refractivity contribution in [1.29, 1.82) is 0 Å². The fraction of sp³-hybridized carbons (Fsp3) is 0.929. The van der Waals surface area contributed by atoms with Crippen molar-refractivity contribution in [2.24, 2.45) is 5.73 Å². The summed E-state index contributed by atoms with van der Waals surface area (Å²) in [6, 6.07) is 0.694. The second kappa shape index (κ2) is 6.53. The number of carbonyl (C=O) groups excluding carboxylic acids is 1. The number of hydrogen-bond acceptors (Lipinski definition) is 3. The predicted molar refractivity (Wildman–Crippen MR) is 73.3 cm³/mol. The Labute approximate surface area is 110 Å². The lowest BCUT2D eigenvalue weighted by Crippen LogP contribution is -2.52. The van der Waals surface area contributed by atoms with Crippen molar-refractivity contribution in [2.75, 3.05) is 26.2 Å². The van der Waals surface area contributed by atoms with Gasteiger partial charge in [-0.25, -0.2) is 0 Å². The number of rotatable bonds is 4. The Morgan fingerprint density at radius 3 is 2.28 bits per heavy atom. The summed E-state index contributed by atoms with van der Waals surface area (Å²) in [6.45, 7) is 6.66. The third kappa shape index (κ3) is 3.23. The van der Waals surface area contributed by atoms with Crippen LogP contribution in [0.25, 0.3) is 0 Å². The molecule has 2 saturated heterocycles. The Hall–Kier alpha value is -0.610. The maximum absolute atomic E-state index is 11.4. The van der Waals surface area contributed by atoms with Crippen LogP contribution in [-0.4, -0.2) is 54.0 Å². The molecule has 0 spiro atoms. The minimum absolute atomic E-state index is 0.0488. The average molecular weight is 253 g/mol. The second-order valence-corrected chi connectivity index (χ2v) is 5.69. The van der Waals surface area contributed by atoms with Gasteiger partial charge in [-0.2, -0.15) is 0 Å². The van der Waals surface area contributed by atoms with Crippen LogP contribution in [0.2, 0.25) is 0 Å². The van der Waals surface area contributed by atoms with Gasteiger partial charge in [0, 0.05) is 19.1 Å². The highest BCUT2D eigenvalue weighted by Crippen LogP contribution is 2.22. The molecule has 0 aromatic heterocycles. The van der Waals surface area contributed by atoms with Crippen molar-refractivity contribution >= 4 is 5.91 Å². The molecule has 18 heavy (non-hydrogen) atoms. The molecule has 2 aliphatic heterocycles. The van der Waals surface area contributed by atoms with E-state index >= 15 is 0 Å². The van der Waals surface area contributed by atoms with Crippen molar-refractivity contribution in [3.63, 3.8) is 0 Å². The number of hydrogen-bond donors (Lipinski definition) is 1. The highest BCUT2D eigenvalue weighted by Gasteiger charge is 2.30. The molecule has 0 bridgehead atoms. The molecule has 2 N–H and O–H groups in total. The van der Waals surface area contributed by atoms with Gasteiger partial charge < -0.3 is 10.6 Å². The third-order valence-corrected chi connectivity index (χ3v) is 4.56. The molecule has 1 atom stereocenters. The Morgan fingerprint density at radius 1 is 1.17 bits per heavy atom. The first kappa shape index (κ1) is 13.8. The standard InChI is InChI=1S/C14H27N3O/c1-2-13(14(15)18)17-10-6-12(7-11-17)16-8-4-3-5-9-16/h12-13H,2-11H2,1H3,(H2,15,18)/t13-/m0/s1. The van der Waals surface area contributed by atoms with Crippen molar-refractivity contribution in [3.05, 3.63) is 0 Å². The summed E-state index contributed by atoms with van der Waals surface area (Å²) in [6.07, 6.45) is 7.35. The van der Waals surface area contributed by atoms with Crippen LogP contribution in [0.15, 0.2) is 0 Å². The molecule has 104 valence electrons. The number of carbonyl (C=O) groups is 1. The molecule has 4 nitrogen and oxygen atoms in total. The van der Waals surface area contributed by atoms with E-state index in [0.717, 1.165) is 25.6 Å². The second-order valence-electron chi connectivity index (χ2n) is 5.69. The normalized spacial score (nSPS) is 26.1. The quantitative estimate of drug-likeness (QED) is 0.819. The molecule has 0 unspecified atom stereocenters. The molecule has 2 heterocycles. The van der Waals surface area contributed by atoms with Gasteiger partial charge in [0.05, 0.1) is 6.04 Å². The predicted octanol–water partition coefficient (Wildman–Crippen LogP) is 1.20. The van der Waals surface area contributed by atoms with Gasteiger partial charge in [0.25, 0.3) is 0 Å². The minimum atomic E-state index is -0.158. The van der Waals surface area contributed by atoms with Crippen molar-refractivity contribution in [3.8, 4) is 0 Å². The van der Waals surface area contributed by atoms with Crippen molar-refractivity contribution < 1.29 is 4.79 Å². The van der Waals surface area contributed by atoms with E-state index in [4.69, 9.17) is 5.73 Å². The summed E-state index contributed by atoms with van der Waals surface area (Å²) >= 11 is 0. The lowest BCUT2D eigenvalue weighted by Gasteiger charge is -2.41. The molecule has 2 fully saturated rings. The zero-order valence-corrected chi connectivity index (χ0v) is 11.6. The van der Waals surface area contributed by atoms with E-state index in [0.29, 0.717) is 0 Å². The lowest BCUT2D eigenvalue weighted by molar-refractivity contribution is -0.124. The van der Waals surface area contributed by atoms with Crippen LogP contribution in [-0.2, 0) is 4.79 Å². The van der Waals surface area contributed by atoms with Crippen LogP contribution >= 0.6 is 0 Å². The maximum atomic E-state index is 11.4. The minimum Gasteiger partial charge on any atom is -0.368 e. The maximum Gasteiger partial charge on any atom is 0.234 e. The number of likely N-dealkylation sites (tertiary alicyclic amines) is 2. The Balaban J connectivity index is 1.81. The molecule has 1 amide bonds.